The molecule has 2 unspecified atom stereocenters. The van der Waals surface area contributed by atoms with Gasteiger partial charge in [-0.3, -0.25) is 0 Å². The minimum absolute atomic E-state index is 0.213. The van der Waals surface area contributed by atoms with Crippen molar-refractivity contribution >= 4 is 0 Å². The summed E-state index contributed by atoms with van der Waals surface area (Å²) in [6.45, 7) is 2.55. The highest BCUT2D eigenvalue weighted by molar-refractivity contribution is 5.21. The summed E-state index contributed by atoms with van der Waals surface area (Å²) < 4.78 is 5.71. The standard InChI is InChI=1S/C17H20O2/c1-2-19-16(13-14-9-5-3-6-10-14)17(18)15-11-7-4-8-12-15/h3-12,16-18H,2,13H2,1H3. The lowest BCUT2D eigenvalue weighted by Crippen LogP contribution is -2.25. The van der Waals surface area contributed by atoms with Crippen LogP contribution in [-0.4, -0.2) is 17.8 Å². The van der Waals surface area contributed by atoms with Crippen molar-refractivity contribution in [1.82, 2.24) is 0 Å². The van der Waals surface area contributed by atoms with E-state index < -0.39 is 6.10 Å². The molecule has 0 aromatic heterocycles. The molecular weight excluding hydrogens is 236 g/mol. The molecule has 19 heavy (non-hydrogen) atoms. The first-order chi connectivity index (χ1) is 9.31. The van der Waals surface area contributed by atoms with Crippen LogP contribution in [0.2, 0.25) is 0 Å². The van der Waals surface area contributed by atoms with Gasteiger partial charge in [-0.15, -0.1) is 0 Å². The Kier molecular flexibility index (Phi) is 5.13. The van der Waals surface area contributed by atoms with E-state index in [0.717, 1.165) is 5.56 Å². The summed E-state index contributed by atoms with van der Waals surface area (Å²) in [5, 5.41) is 10.4. The van der Waals surface area contributed by atoms with Gasteiger partial charge in [0.15, 0.2) is 0 Å². The minimum atomic E-state index is -0.596. The Hall–Kier alpha value is -1.64. The molecule has 0 saturated heterocycles. The van der Waals surface area contributed by atoms with E-state index in [2.05, 4.69) is 12.1 Å². The van der Waals surface area contributed by atoms with E-state index in [4.69, 9.17) is 4.74 Å². The van der Waals surface area contributed by atoms with Crippen LogP contribution in [-0.2, 0) is 11.2 Å². The van der Waals surface area contributed by atoms with Crippen LogP contribution in [0, 0.1) is 0 Å². The van der Waals surface area contributed by atoms with Crippen molar-refractivity contribution in [2.75, 3.05) is 6.61 Å². The molecule has 1 N–H and O–H groups in total. The number of benzene rings is 2. The zero-order chi connectivity index (χ0) is 13.5. The van der Waals surface area contributed by atoms with E-state index >= 15 is 0 Å². The van der Waals surface area contributed by atoms with Crippen molar-refractivity contribution < 1.29 is 9.84 Å². The molecule has 0 spiro atoms. The van der Waals surface area contributed by atoms with Crippen molar-refractivity contribution in [2.24, 2.45) is 0 Å². The molecule has 0 fully saturated rings. The fraction of sp³-hybridized carbons (Fsp3) is 0.294. The summed E-state index contributed by atoms with van der Waals surface area (Å²) in [7, 11) is 0. The maximum atomic E-state index is 10.4. The lowest BCUT2D eigenvalue weighted by atomic mass is 9.98. The molecule has 2 atom stereocenters. The molecule has 2 nitrogen and oxygen atoms in total. The van der Waals surface area contributed by atoms with Gasteiger partial charge in [-0.25, -0.2) is 0 Å². The zero-order valence-electron chi connectivity index (χ0n) is 11.2. The highest BCUT2D eigenvalue weighted by Gasteiger charge is 2.21. The lowest BCUT2D eigenvalue weighted by molar-refractivity contribution is -0.0333. The van der Waals surface area contributed by atoms with E-state index in [1.54, 1.807) is 0 Å². The average molecular weight is 256 g/mol. The van der Waals surface area contributed by atoms with Crippen molar-refractivity contribution in [1.29, 1.82) is 0 Å². The van der Waals surface area contributed by atoms with Crippen LogP contribution in [0.3, 0.4) is 0 Å². The smallest absolute Gasteiger partial charge is 0.105 e. The SMILES string of the molecule is CCOC(Cc1ccccc1)C(O)c1ccccc1. The van der Waals surface area contributed by atoms with Crippen molar-refractivity contribution in [2.45, 2.75) is 25.6 Å². The second-order valence-corrected chi connectivity index (χ2v) is 4.54. The summed E-state index contributed by atoms with van der Waals surface area (Å²) in [5.41, 5.74) is 2.08. The molecule has 0 bridgehead atoms. The van der Waals surface area contributed by atoms with Gasteiger partial charge in [0, 0.05) is 13.0 Å². The van der Waals surface area contributed by atoms with E-state index in [1.807, 2.05) is 55.5 Å². The topological polar surface area (TPSA) is 29.5 Å². The minimum Gasteiger partial charge on any atom is -0.386 e. The lowest BCUT2D eigenvalue weighted by Gasteiger charge is -2.23. The van der Waals surface area contributed by atoms with E-state index in [9.17, 15) is 5.11 Å². The van der Waals surface area contributed by atoms with Gasteiger partial charge in [-0.05, 0) is 18.1 Å². The van der Waals surface area contributed by atoms with Crippen molar-refractivity contribution in [3.8, 4) is 0 Å². The second-order valence-electron chi connectivity index (χ2n) is 4.54. The van der Waals surface area contributed by atoms with Crippen LogP contribution in [0.1, 0.15) is 24.2 Å². The summed E-state index contributed by atoms with van der Waals surface area (Å²) in [5.74, 6) is 0. The third-order valence-electron chi connectivity index (χ3n) is 3.15. The second kappa shape index (κ2) is 7.07. The zero-order valence-corrected chi connectivity index (χ0v) is 11.2. The average Bonchev–Trinajstić information content (AvgIpc) is 2.48. The molecule has 2 heteroatoms. The quantitative estimate of drug-likeness (QED) is 0.858. The van der Waals surface area contributed by atoms with Gasteiger partial charge in [0.05, 0.1) is 6.10 Å². The van der Waals surface area contributed by atoms with Crippen molar-refractivity contribution in [3.05, 3.63) is 71.8 Å². The highest BCUT2D eigenvalue weighted by Crippen LogP contribution is 2.22. The van der Waals surface area contributed by atoms with Gasteiger partial charge in [0.1, 0.15) is 6.10 Å². The molecule has 0 aliphatic carbocycles. The van der Waals surface area contributed by atoms with E-state index in [-0.39, 0.29) is 6.10 Å². The summed E-state index contributed by atoms with van der Waals surface area (Å²) in [4.78, 5) is 0. The van der Waals surface area contributed by atoms with Gasteiger partial charge in [0.25, 0.3) is 0 Å². The Bertz CT molecular complexity index is 467. The number of ether oxygens (including phenoxy) is 1. The van der Waals surface area contributed by atoms with Gasteiger partial charge >= 0.3 is 0 Å². The van der Waals surface area contributed by atoms with Crippen LogP contribution in [0.5, 0.6) is 0 Å². The third-order valence-corrected chi connectivity index (χ3v) is 3.15. The Morgan fingerprint density at radius 2 is 1.53 bits per heavy atom. The van der Waals surface area contributed by atoms with Crippen LogP contribution in [0.4, 0.5) is 0 Å². The summed E-state index contributed by atoms with van der Waals surface area (Å²) in [6.07, 6.45) is -0.0961. The van der Waals surface area contributed by atoms with Gasteiger partial charge < -0.3 is 9.84 Å². The number of hydrogen-bond donors (Lipinski definition) is 1. The first-order valence-corrected chi connectivity index (χ1v) is 6.69. The largest absolute Gasteiger partial charge is 0.386 e. The first kappa shape index (κ1) is 13.8. The summed E-state index contributed by atoms with van der Waals surface area (Å²) >= 11 is 0. The van der Waals surface area contributed by atoms with Crippen LogP contribution in [0.25, 0.3) is 0 Å². The van der Waals surface area contributed by atoms with E-state index in [0.29, 0.717) is 13.0 Å². The Labute approximate surface area is 114 Å². The normalized spacial score (nSPS) is 14.0. The molecular formula is C17H20O2. The number of aliphatic hydroxyl groups is 1. The maximum Gasteiger partial charge on any atom is 0.105 e. The molecule has 0 aliphatic rings. The predicted octanol–water partition coefficient (Wildman–Crippen LogP) is 3.37. The molecule has 0 aliphatic heterocycles. The van der Waals surface area contributed by atoms with Gasteiger partial charge in [-0.1, -0.05) is 60.7 Å². The van der Waals surface area contributed by atoms with Gasteiger partial charge in [0.2, 0.25) is 0 Å². The van der Waals surface area contributed by atoms with Crippen molar-refractivity contribution in [3.63, 3.8) is 0 Å². The van der Waals surface area contributed by atoms with Crippen LogP contribution in [0.15, 0.2) is 60.7 Å². The molecule has 0 saturated carbocycles. The fourth-order valence-electron chi connectivity index (χ4n) is 2.19. The van der Waals surface area contributed by atoms with Gasteiger partial charge in [-0.2, -0.15) is 0 Å². The predicted molar refractivity (Wildman–Crippen MR) is 77.0 cm³/mol. The third kappa shape index (κ3) is 3.91. The highest BCUT2D eigenvalue weighted by atomic mass is 16.5. The number of rotatable bonds is 6. The first-order valence-electron chi connectivity index (χ1n) is 6.69. The molecule has 0 heterocycles. The molecule has 2 rings (SSSR count). The van der Waals surface area contributed by atoms with Crippen LogP contribution < -0.4 is 0 Å². The Balaban J connectivity index is 2.11. The summed E-state index contributed by atoms with van der Waals surface area (Å²) in [6, 6.07) is 19.8. The molecule has 100 valence electrons. The Morgan fingerprint density at radius 1 is 0.947 bits per heavy atom. The maximum absolute atomic E-state index is 10.4. The monoisotopic (exact) mass is 256 g/mol. The molecule has 2 aromatic rings. The molecule has 0 amide bonds. The fourth-order valence-corrected chi connectivity index (χ4v) is 2.19. The van der Waals surface area contributed by atoms with Crippen LogP contribution >= 0.6 is 0 Å². The molecule has 2 aromatic carbocycles. The van der Waals surface area contributed by atoms with E-state index in [1.165, 1.54) is 5.56 Å². The molecule has 0 radical (unpaired) electrons. The Morgan fingerprint density at radius 3 is 2.11 bits per heavy atom. The number of hydrogen-bond acceptors (Lipinski definition) is 2. The number of aliphatic hydroxyl groups excluding tert-OH is 1.